The second-order valence-electron chi connectivity index (χ2n) is 7.71. The average molecular weight is 439 g/mol. The molecule has 0 atom stereocenters. The number of fused-ring (bicyclic) bond motifs is 4. The second kappa shape index (κ2) is 9.09. The lowest BCUT2D eigenvalue weighted by Gasteiger charge is -2.14. The normalized spacial score (nSPS) is 12.8. The fourth-order valence-electron chi connectivity index (χ4n) is 4.20. The molecule has 6 nitrogen and oxygen atoms in total. The van der Waals surface area contributed by atoms with Crippen molar-refractivity contribution in [1.82, 2.24) is 5.32 Å². The summed E-state index contributed by atoms with van der Waals surface area (Å²) in [4.78, 5) is 23.5. The van der Waals surface area contributed by atoms with Gasteiger partial charge in [-0.05, 0) is 28.3 Å². The van der Waals surface area contributed by atoms with Crippen LogP contribution in [0.4, 0.5) is 4.79 Å². The maximum absolute atomic E-state index is 12.2. The van der Waals surface area contributed by atoms with Crippen molar-refractivity contribution < 1.29 is 23.8 Å². The summed E-state index contributed by atoms with van der Waals surface area (Å²) in [6.45, 7) is 0.741. The van der Waals surface area contributed by atoms with Gasteiger partial charge in [-0.25, -0.2) is 4.79 Å². The molecule has 1 amide bonds. The van der Waals surface area contributed by atoms with Crippen LogP contribution in [0.15, 0.2) is 60.7 Å². The van der Waals surface area contributed by atoms with Gasteiger partial charge in [0.15, 0.2) is 17.8 Å². The zero-order valence-electron chi connectivity index (χ0n) is 17.8. The summed E-state index contributed by atoms with van der Waals surface area (Å²) in [7, 11) is 0. The molecule has 5 rings (SSSR count). The van der Waals surface area contributed by atoms with Crippen LogP contribution in [-0.4, -0.2) is 32.3 Å². The average Bonchev–Trinajstić information content (AvgIpc) is 3.44. The number of hydrogen-bond donors (Lipinski definition) is 1. The third-order valence-corrected chi connectivity index (χ3v) is 5.76. The highest BCUT2D eigenvalue weighted by molar-refractivity contribution is 5.81. The number of amides is 1. The number of carbonyl (C=O) groups excluding carboxylic acids is 2. The van der Waals surface area contributed by atoms with E-state index in [4.69, 9.17) is 14.2 Å². The van der Waals surface area contributed by atoms with Crippen molar-refractivity contribution in [2.75, 3.05) is 19.9 Å². The Balaban J connectivity index is 1.15. The first kappa shape index (κ1) is 20.7. The van der Waals surface area contributed by atoms with Crippen LogP contribution in [0.25, 0.3) is 11.1 Å². The molecule has 1 N–H and O–H groups in total. The second-order valence-corrected chi connectivity index (χ2v) is 7.71. The Morgan fingerprint density at radius 3 is 2.39 bits per heavy atom. The Labute approximate surface area is 191 Å². The smallest absolute Gasteiger partial charge is 0.407 e. The molecule has 0 bridgehead atoms. The molecule has 0 saturated carbocycles. The summed E-state index contributed by atoms with van der Waals surface area (Å²) in [6.07, 6.45) is 0.674. The molecule has 0 saturated heterocycles. The van der Waals surface area contributed by atoms with Gasteiger partial charge < -0.3 is 19.5 Å². The van der Waals surface area contributed by atoms with E-state index in [1.54, 1.807) is 12.1 Å². The molecular weight excluding hydrogens is 418 g/mol. The molecule has 33 heavy (non-hydrogen) atoms. The van der Waals surface area contributed by atoms with Gasteiger partial charge in [-0.2, -0.15) is 0 Å². The van der Waals surface area contributed by atoms with Crippen molar-refractivity contribution in [2.45, 2.75) is 12.3 Å². The van der Waals surface area contributed by atoms with Gasteiger partial charge in [-0.3, -0.25) is 4.79 Å². The summed E-state index contributed by atoms with van der Waals surface area (Å²) in [5.41, 5.74) is 5.73. The van der Waals surface area contributed by atoms with Crippen LogP contribution in [0, 0.1) is 11.8 Å². The lowest BCUT2D eigenvalue weighted by molar-refractivity contribution is 0.112. The molecule has 0 radical (unpaired) electrons. The number of ether oxygens (including phenoxy) is 3. The zero-order chi connectivity index (χ0) is 22.6. The highest BCUT2D eigenvalue weighted by Gasteiger charge is 2.28. The molecule has 1 heterocycles. The minimum Gasteiger partial charge on any atom is -0.454 e. The quantitative estimate of drug-likeness (QED) is 0.360. The topological polar surface area (TPSA) is 73.9 Å². The van der Waals surface area contributed by atoms with Crippen molar-refractivity contribution >= 4 is 12.4 Å². The maximum atomic E-state index is 12.2. The van der Waals surface area contributed by atoms with E-state index in [0.717, 1.165) is 6.29 Å². The predicted molar refractivity (Wildman–Crippen MR) is 123 cm³/mol. The number of alkyl carbamates (subject to hydrolysis) is 1. The summed E-state index contributed by atoms with van der Waals surface area (Å²) >= 11 is 0. The molecule has 6 heteroatoms. The zero-order valence-corrected chi connectivity index (χ0v) is 17.8. The first-order valence-corrected chi connectivity index (χ1v) is 10.7. The molecule has 3 aromatic rings. The Kier molecular flexibility index (Phi) is 5.69. The molecule has 0 aromatic heterocycles. The first-order chi connectivity index (χ1) is 16.2. The minimum atomic E-state index is -0.477. The van der Waals surface area contributed by atoms with Crippen LogP contribution in [0.2, 0.25) is 0 Å². The van der Waals surface area contributed by atoms with Crippen molar-refractivity contribution in [3.05, 3.63) is 82.9 Å². The third kappa shape index (κ3) is 4.13. The van der Waals surface area contributed by atoms with Crippen LogP contribution >= 0.6 is 0 Å². The van der Waals surface area contributed by atoms with Crippen molar-refractivity contribution in [3.8, 4) is 34.5 Å². The van der Waals surface area contributed by atoms with Gasteiger partial charge in [0.1, 0.15) is 6.61 Å². The highest BCUT2D eigenvalue weighted by atomic mass is 16.7. The SMILES string of the molecule is O=Cc1cc2c(cc1C#CCCNC(=O)OCC1c3ccccc3-c3ccccc31)OCO2. The fraction of sp³-hybridized carbons (Fsp3) is 0.185. The van der Waals surface area contributed by atoms with E-state index in [0.29, 0.717) is 35.6 Å². The Morgan fingerprint density at radius 1 is 1.03 bits per heavy atom. The molecular formula is C27H21NO5. The van der Waals surface area contributed by atoms with Crippen LogP contribution in [-0.2, 0) is 4.74 Å². The molecule has 3 aromatic carbocycles. The molecule has 1 aliphatic heterocycles. The third-order valence-electron chi connectivity index (χ3n) is 5.76. The van der Waals surface area contributed by atoms with Gasteiger partial charge in [0.2, 0.25) is 6.79 Å². The molecule has 2 aliphatic rings. The van der Waals surface area contributed by atoms with Crippen LogP contribution in [0.1, 0.15) is 39.4 Å². The van der Waals surface area contributed by atoms with Crippen LogP contribution < -0.4 is 14.8 Å². The van der Waals surface area contributed by atoms with Crippen LogP contribution in [0.3, 0.4) is 0 Å². The predicted octanol–water partition coefficient (Wildman–Crippen LogP) is 4.51. The van der Waals surface area contributed by atoms with Crippen molar-refractivity contribution in [3.63, 3.8) is 0 Å². The van der Waals surface area contributed by atoms with Gasteiger partial charge in [0, 0.05) is 36.1 Å². The molecule has 164 valence electrons. The van der Waals surface area contributed by atoms with Crippen molar-refractivity contribution in [2.24, 2.45) is 0 Å². The molecule has 1 aliphatic carbocycles. The van der Waals surface area contributed by atoms with Crippen molar-refractivity contribution in [1.29, 1.82) is 0 Å². The van der Waals surface area contributed by atoms with E-state index < -0.39 is 6.09 Å². The Morgan fingerprint density at radius 2 is 1.70 bits per heavy atom. The summed E-state index contributed by atoms with van der Waals surface area (Å²) < 4.78 is 16.1. The van der Waals surface area contributed by atoms with Gasteiger partial charge >= 0.3 is 6.09 Å². The fourth-order valence-corrected chi connectivity index (χ4v) is 4.20. The maximum Gasteiger partial charge on any atom is 0.407 e. The summed E-state index contributed by atoms with van der Waals surface area (Å²) in [6, 6.07) is 19.7. The molecule has 0 unspecified atom stereocenters. The van der Waals surface area contributed by atoms with Gasteiger partial charge in [-0.1, -0.05) is 60.4 Å². The lowest BCUT2D eigenvalue weighted by atomic mass is 9.98. The molecule has 0 fully saturated rings. The summed E-state index contributed by atoms with van der Waals surface area (Å²) in [5.74, 6) is 7.06. The standard InChI is InChI=1S/C27H21NO5/c29-15-19-14-26-25(32-17-33-26)13-18(19)7-5-6-12-28-27(30)31-16-24-22-10-3-1-8-20(22)21-9-2-4-11-23(21)24/h1-4,8-11,13-15,24H,6,12,16-17H2,(H,28,30). The molecule has 0 spiro atoms. The number of aldehydes is 1. The number of benzene rings is 3. The monoisotopic (exact) mass is 439 g/mol. The first-order valence-electron chi connectivity index (χ1n) is 10.7. The largest absolute Gasteiger partial charge is 0.454 e. The van der Waals surface area contributed by atoms with E-state index in [-0.39, 0.29) is 19.3 Å². The van der Waals surface area contributed by atoms with E-state index in [2.05, 4.69) is 41.4 Å². The van der Waals surface area contributed by atoms with Gasteiger partial charge in [-0.15, -0.1) is 0 Å². The van der Waals surface area contributed by atoms with E-state index in [1.165, 1.54) is 22.3 Å². The number of hydrogen-bond acceptors (Lipinski definition) is 5. The van der Waals surface area contributed by atoms with Gasteiger partial charge in [0.25, 0.3) is 0 Å². The van der Waals surface area contributed by atoms with Gasteiger partial charge in [0.05, 0.1) is 0 Å². The highest BCUT2D eigenvalue weighted by Crippen LogP contribution is 2.44. The number of rotatable bonds is 5. The van der Waals surface area contributed by atoms with E-state index >= 15 is 0 Å². The lowest BCUT2D eigenvalue weighted by Crippen LogP contribution is -2.26. The number of carbonyl (C=O) groups is 2. The van der Waals surface area contributed by atoms with E-state index in [1.807, 2.05) is 24.3 Å². The van der Waals surface area contributed by atoms with E-state index in [9.17, 15) is 9.59 Å². The van der Waals surface area contributed by atoms with Crippen LogP contribution in [0.5, 0.6) is 11.5 Å². The Hall–Kier alpha value is -4.24. The number of nitrogens with one attached hydrogen (secondary N) is 1. The minimum absolute atomic E-state index is 0.0238. The Bertz CT molecular complexity index is 1240. The summed E-state index contributed by atoms with van der Waals surface area (Å²) in [5, 5.41) is 2.73.